The van der Waals surface area contributed by atoms with Crippen molar-refractivity contribution in [3.63, 3.8) is 0 Å². The van der Waals surface area contributed by atoms with E-state index in [0.717, 1.165) is 12.3 Å². The molecule has 0 atom stereocenters. The van der Waals surface area contributed by atoms with Gasteiger partial charge in [-0.25, -0.2) is 12.8 Å². The zero-order chi connectivity index (χ0) is 13.5. The van der Waals surface area contributed by atoms with Gasteiger partial charge in [-0.3, -0.25) is 0 Å². The number of hydrogen-bond acceptors (Lipinski definition) is 5. The Bertz CT molecular complexity index is 689. The second-order valence-corrected chi connectivity index (χ2v) is 6.46. The number of nitrogens with zero attached hydrogens (tertiary/aromatic N) is 1. The van der Waals surface area contributed by atoms with Crippen molar-refractivity contribution in [1.82, 2.24) is 5.16 Å². The smallest absolute Gasteiger partial charge is 0.179 e. The molecule has 0 amide bonds. The normalized spacial score (nSPS) is 11.7. The van der Waals surface area contributed by atoms with E-state index in [1.165, 1.54) is 12.1 Å². The molecular weight excluding hydrogens is 327 g/mol. The Morgan fingerprint density at radius 3 is 2.50 bits per heavy atom. The van der Waals surface area contributed by atoms with E-state index >= 15 is 0 Å². The van der Waals surface area contributed by atoms with E-state index < -0.39 is 20.5 Å². The molecule has 0 aliphatic heterocycles. The molecule has 0 radical (unpaired) electrons. The first-order chi connectivity index (χ1) is 8.29. The van der Waals surface area contributed by atoms with Crippen LogP contribution in [-0.2, 0) is 9.84 Å². The maximum absolute atomic E-state index is 13.8. The summed E-state index contributed by atoms with van der Waals surface area (Å²) >= 11 is 3.03. The first-order valence-corrected chi connectivity index (χ1v) is 7.39. The fourth-order valence-electron chi connectivity index (χ4n) is 1.48. The number of aromatic nitrogens is 1. The lowest BCUT2D eigenvalue weighted by Gasteiger charge is -2.05. The third-order valence-corrected chi connectivity index (χ3v) is 4.23. The number of halogens is 2. The van der Waals surface area contributed by atoms with Crippen LogP contribution in [0.25, 0.3) is 11.3 Å². The predicted octanol–water partition coefficient (Wildman–Crippen LogP) is 2.23. The highest BCUT2D eigenvalue weighted by Crippen LogP contribution is 2.31. The van der Waals surface area contributed by atoms with E-state index in [-0.39, 0.29) is 16.1 Å². The first kappa shape index (κ1) is 13.0. The molecule has 8 heteroatoms. The van der Waals surface area contributed by atoms with Crippen molar-refractivity contribution in [2.45, 2.75) is 4.90 Å². The molecule has 0 saturated carbocycles. The van der Waals surface area contributed by atoms with Crippen LogP contribution in [0.4, 0.5) is 10.2 Å². The summed E-state index contributed by atoms with van der Waals surface area (Å²) in [5, 5.41) is 3.47. The minimum absolute atomic E-state index is 0.120. The molecule has 1 heterocycles. The summed E-state index contributed by atoms with van der Waals surface area (Å²) in [4.78, 5) is -0.390. The van der Waals surface area contributed by atoms with E-state index in [1.807, 2.05) is 0 Å². The molecule has 1 aromatic heterocycles. The molecule has 0 spiro atoms. The molecule has 0 saturated heterocycles. The maximum Gasteiger partial charge on any atom is 0.179 e. The Morgan fingerprint density at radius 1 is 1.39 bits per heavy atom. The van der Waals surface area contributed by atoms with Gasteiger partial charge in [-0.15, -0.1) is 0 Å². The van der Waals surface area contributed by atoms with Crippen LogP contribution in [0, 0.1) is 5.82 Å². The van der Waals surface area contributed by atoms with Crippen molar-refractivity contribution in [2.75, 3.05) is 12.0 Å². The highest BCUT2D eigenvalue weighted by Gasteiger charge is 2.20. The summed E-state index contributed by atoms with van der Waals surface area (Å²) in [6.07, 6.45) is 0.933. The van der Waals surface area contributed by atoms with Crippen molar-refractivity contribution in [1.29, 1.82) is 0 Å². The van der Waals surface area contributed by atoms with E-state index in [4.69, 9.17) is 10.3 Å². The van der Waals surface area contributed by atoms with Crippen LogP contribution in [-0.4, -0.2) is 19.8 Å². The molecule has 0 aliphatic carbocycles. The average Bonchev–Trinajstić information content (AvgIpc) is 2.61. The molecule has 2 N–H and O–H groups in total. The maximum atomic E-state index is 13.8. The number of sulfone groups is 1. The largest absolute Gasteiger partial charge is 0.381 e. The van der Waals surface area contributed by atoms with Gasteiger partial charge in [-0.1, -0.05) is 5.16 Å². The molecular formula is C10H8BrFN2O3S. The van der Waals surface area contributed by atoms with Crippen LogP contribution in [0.15, 0.2) is 32.1 Å². The molecule has 0 unspecified atom stereocenters. The minimum Gasteiger partial charge on any atom is -0.381 e. The lowest BCUT2D eigenvalue weighted by molar-refractivity contribution is 0.435. The molecule has 1 aromatic carbocycles. The Hall–Kier alpha value is -1.41. The standard InChI is InChI=1S/C10H8BrFN2O3S/c1-18(15,16)10-6(11)2-5(3-7(10)12)8-4-9(13)14-17-8/h2-4H,1H3,(H2,13,14). The van der Waals surface area contributed by atoms with Crippen molar-refractivity contribution in [3.05, 3.63) is 28.5 Å². The summed E-state index contributed by atoms with van der Waals surface area (Å²) in [6.45, 7) is 0. The van der Waals surface area contributed by atoms with Crippen molar-refractivity contribution in [2.24, 2.45) is 0 Å². The topological polar surface area (TPSA) is 86.2 Å². The first-order valence-electron chi connectivity index (χ1n) is 4.70. The number of nitrogens with two attached hydrogens (primary N) is 1. The highest BCUT2D eigenvalue weighted by molar-refractivity contribution is 9.10. The fraction of sp³-hybridized carbons (Fsp3) is 0.100. The third kappa shape index (κ3) is 2.39. The highest BCUT2D eigenvalue weighted by atomic mass is 79.9. The van der Waals surface area contributed by atoms with Crippen LogP contribution in [0.3, 0.4) is 0 Å². The zero-order valence-electron chi connectivity index (χ0n) is 9.15. The average molecular weight is 335 g/mol. The summed E-state index contributed by atoms with van der Waals surface area (Å²) in [5.74, 6) is -0.447. The number of rotatable bonds is 2. The fourth-order valence-corrected chi connectivity index (χ4v) is 3.63. The van der Waals surface area contributed by atoms with Gasteiger partial charge >= 0.3 is 0 Å². The van der Waals surface area contributed by atoms with E-state index in [1.54, 1.807) is 0 Å². The summed E-state index contributed by atoms with van der Waals surface area (Å²) in [7, 11) is -3.65. The molecule has 0 fully saturated rings. The second-order valence-electron chi connectivity index (χ2n) is 3.66. The molecule has 2 rings (SSSR count). The van der Waals surface area contributed by atoms with Gasteiger partial charge in [-0.2, -0.15) is 0 Å². The van der Waals surface area contributed by atoms with Gasteiger partial charge < -0.3 is 10.3 Å². The Morgan fingerprint density at radius 2 is 2.06 bits per heavy atom. The van der Waals surface area contributed by atoms with Gasteiger partial charge in [0.1, 0.15) is 10.7 Å². The number of hydrogen-bond donors (Lipinski definition) is 1. The number of anilines is 1. The van der Waals surface area contributed by atoms with Crippen molar-refractivity contribution >= 4 is 31.6 Å². The van der Waals surface area contributed by atoms with E-state index in [0.29, 0.717) is 5.56 Å². The van der Waals surface area contributed by atoms with Crippen molar-refractivity contribution in [3.8, 4) is 11.3 Å². The molecule has 18 heavy (non-hydrogen) atoms. The summed E-state index contributed by atoms with van der Waals surface area (Å²) < 4.78 is 41.6. The van der Waals surface area contributed by atoms with Crippen LogP contribution in [0.5, 0.6) is 0 Å². The second kappa shape index (κ2) is 4.36. The summed E-state index contributed by atoms with van der Waals surface area (Å²) in [6, 6.07) is 3.90. The summed E-state index contributed by atoms with van der Waals surface area (Å²) in [5.41, 5.74) is 5.73. The Labute approximate surface area is 111 Å². The van der Waals surface area contributed by atoms with Crippen LogP contribution >= 0.6 is 15.9 Å². The van der Waals surface area contributed by atoms with Gasteiger partial charge in [-0.05, 0) is 28.1 Å². The predicted molar refractivity (Wildman–Crippen MR) is 67.1 cm³/mol. The molecule has 96 valence electrons. The number of benzene rings is 1. The number of nitrogen functional groups attached to an aromatic ring is 1. The van der Waals surface area contributed by atoms with Crippen LogP contribution in [0.2, 0.25) is 0 Å². The van der Waals surface area contributed by atoms with Gasteiger partial charge in [0.15, 0.2) is 21.4 Å². The lowest BCUT2D eigenvalue weighted by atomic mass is 10.2. The molecule has 5 nitrogen and oxygen atoms in total. The van der Waals surface area contributed by atoms with Gasteiger partial charge in [0.05, 0.1) is 0 Å². The molecule has 0 bridgehead atoms. The minimum atomic E-state index is -3.65. The van der Waals surface area contributed by atoms with Gasteiger partial charge in [0.25, 0.3) is 0 Å². The SMILES string of the molecule is CS(=O)(=O)c1c(F)cc(-c2cc(N)no2)cc1Br. The van der Waals surface area contributed by atoms with Gasteiger partial charge in [0, 0.05) is 22.4 Å². The van der Waals surface area contributed by atoms with Crippen molar-refractivity contribution < 1.29 is 17.3 Å². The van der Waals surface area contributed by atoms with Crippen LogP contribution in [0.1, 0.15) is 0 Å². The van der Waals surface area contributed by atoms with Crippen LogP contribution < -0.4 is 5.73 Å². The lowest BCUT2D eigenvalue weighted by Crippen LogP contribution is -2.02. The monoisotopic (exact) mass is 334 g/mol. The molecule has 0 aliphatic rings. The quantitative estimate of drug-likeness (QED) is 0.909. The van der Waals surface area contributed by atoms with E-state index in [9.17, 15) is 12.8 Å². The van der Waals surface area contributed by atoms with Gasteiger partial charge in [0.2, 0.25) is 0 Å². The Kier molecular flexibility index (Phi) is 3.16. The van der Waals surface area contributed by atoms with E-state index in [2.05, 4.69) is 21.1 Å². The Balaban J connectivity index is 2.63. The third-order valence-electron chi connectivity index (χ3n) is 2.18. The molecule has 2 aromatic rings. The zero-order valence-corrected chi connectivity index (χ0v) is 11.5.